The molecular weight excluding hydrogens is 495 g/mol. The number of halogens is 3. The van der Waals surface area contributed by atoms with Crippen LogP contribution in [-0.2, 0) is 20.8 Å². The van der Waals surface area contributed by atoms with Gasteiger partial charge in [-0.2, -0.15) is 13.2 Å². The van der Waals surface area contributed by atoms with Crippen LogP contribution < -0.4 is 4.74 Å². The van der Waals surface area contributed by atoms with Gasteiger partial charge in [-0.1, -0.05) is 38.0 Å². The van der Waals surface area contributed by atoms with Crippen molar-refractivity contribution in [2.45, 2.75) is 49.4 Å². The predicted octanol–water partition coefficient (Wildman–Crippen LogP) is 6.24. The van der Waals surface area contributed by atoms with E-state index in [9.17, 15) is 26.4 Å². The van der Waals surface area contributed by atoms with Gasteiger partial charge in [-0.05, 0) is 61.4 Å². The van der Waals surface area contributed by atoms with Gasteiger partial charge in [0, 0.05) is 5.56 Å². The van der Waals surface area contributed by atoms with Gasteiger partial charge in [-0.15, -0.1) is 0 Å². The first-order valence-electron chi connectivity index (χ1n) is 11.3. The Labute approximate surface area is 207 Å². The molecule has 6 nitrogen and oxygen atoms in total. The number of aromatic nitrogens is 1. The minimum atomic E-state index is -4.46. The lowest BCUT2D eigenvalue weighted by Crippen LogP contribution is -2.16. The molecule has 1 aromatic heterocycles. The van der Waals surface area contributed by atoms with E-state index in [-0.39, 0.29) is 10.6 Å². The molecule has 0 aliphatic rings. The van der Waals surface area contributed by atoms with Gasteiger partial charge in [-0.3, -0.25) is 4.98 Å². The van der Waals surface area contributed by atoms with Gasteiger partial charge in [0.2, 0.25) is 0 Å². The Kier molecular flexibility index (Phi) is 8.39. The van der Waals surface area contributed by atoms with Crippen LogP contribution in [0, 0.1) is 6.92 Å². The van der Waals surface area contributed by atoms with E-state index in [1.807, 2.05) is 6.92 Å². The number of rotatable bonds is 10. The number of aryl methyl sites for hydroxylation is 1. The number of benzene rings is 2. The van der Waals surface area contributed by atoms with Crippen LogP contribution in [0.4, 0.5) is 13.2 Å². The topological polar surface area (TPSA) is 93.6 Å². The summed E-state index contributed by atoms with van der Waals surface area (Å²) in [5, 5.41) is 7.83. The van der Waals surface area contributed by atoms with Crippen LogP contribution >= 0.6 is 0 Å². The van der Waals surface area contributed by atoms with Crippen molar-refractivity contribution < 1.29 is 36.2 Å². The molecular formula is C26H26F3NO5S. The van der Waals surface area contributed by atoms with Crippen molar-refractivity contribution in [3.8, 4) is 17.0 Å². The minimum Gasteiger partial charge on any atom is -0.482 e. The second-order valence-electron chi connectivity index (χ2n) is 8.31. The van der Waals surface area contributed by atoms with Crippen molar-refractivity contribution in [1.29, 1.82) is 0 Å². The highest BCUT2D eigenvalue weighted by molar-refractivity contribution is 7.91. The van der Waals surface area contributed by atoms with Gasteiger partial charge in [0.25, 0.3) is 0 Å². The van der Waals surface area contributed by atoms with E-state index in [4.69, 9.17) is 9.84 Å². The number of aliphatic carboxylic acids is 1. The van der Waals surface area contributed by atoms with E-state index < -0.39 is 39.4 Å². The monoisotopic (exact) mass is 521 g/mol. The lowest BCUT2D eigenvalue weighted by atomic mass is 10.1. The number of nitrogens with zero attached hydrogens (tertiary/aromatic N) is 1. The zero-order valence-electron chi connectivity index (χ0n) is 19.7. The largest absolute Gasteiger partial charge is 0.482 e. The van der Waals surface area contributed by atoms with Crippen LogP contribution in [0.2, 0.25) is 0 Å². The van der Waals surface area contributed by atoms with Gasteiger partial charge in [0.1, 0.15) is 11.0 Å². The summed E-state index contributed by atoms with van der Waals surface area (Å²) in [6.45, 7) is 3.02. The fourth-order valence-electron chi connectivity index (χ4n) is 3.74. The Balaban J connectivity index is 1.97. The van der Waals surface area contributed by atoms with Crippen molar-refractivity contribution in [3.05, 3.63) is 77.5 Å². The minimum absolute atomic E-state index is 0.0468. The van der Waals surface area contributed by atoms with Crippen molar-refractivity contribution in [2.75, 3.05) is 6.61 Å². The van der Waals surface area contributed by atoms with Crippen LogP contribution in [0.1, 0.15) is 48.3 Å². The van der Waals surface area contributed by atoms with Gasteiger partial charge < -0.3 is 9.84 Å². The van der Waals surface area contributed by atoms with Gasteiger partial charge in [-0.25, -0.2) is 13.2 Å². The van der Waals surface area contributed by atoms with E-state index in [0.29, 0.717) is 35.4 Å². The summed E-state index contributed by atoms with van der Waals surface area (Å²) in [5.41, 5.74) is 0.790. The zero-order valence-corrected chi connectivity index (χ0v) is 20.6. The maximum atomic E-state index is 13.7. The fourth-order valence-corrected chi connectivity index (χ4v) is 5.59. The molecule has 2 aromatic carbocycles. The number of sulfone groups is 1. The van der Waals surface area contributed by atoms with Crippen LogP contribution in [0.15, 0.2) is 65.6 Å². The van der Waals surface area contributed by atoms with Crippen LogP contribution in [0.5, 0.6) is 5.75 Å². The van der Waals surface area contributed by atoms with E-state index in [2.05, 4.69) is 4.98 Å². The third-order valence-electron chi connectivity index (χ3n) is 5.63. The first-order chi connectivity index (χ1) is 16.9. The average Bonchev–Trinajstić information content (AvgIpc) is 2.83. The molecule has 0 saturated heterocycles. The third-order valence-corrected chi connectivity index (χ3v) is 7.77. The summed E-state index contributed by atoms with van der Waals surface area (Å²) in [6, 6.07) is 13.6. The molecule has 10 heteroatoms. The van der Waals surface area contributed by atoms with Gasteiger partial charge in [0.05, 0.1) is 21.8 Å². The van der Waals surface area contributed by atoms with E-state index in [1.165, 1.54) is 30.3 Å². The van der Waals surface area contributed by atoms with E-state index in [1.54, 1.807) is 25.1 Å². The molecule has 0 spiro atoms. The molecule has 1 heterocycles. The summed E-state index contributed by atoms with van der Waals surface area (Å²) < 4.78 is 71.3. The number of hydrogen-bond acceptors (Lipinski definition) is 5. The van der Waals surface area contributed by atoms with Gasteiger partial charge >= 0.3 is 12.1 Å². The fraction of sp³-hybridized carbons (Fsp3) is 0.308. The van der Waals surface area contributed by atoms with Gasteiger partial charge in [0.15, 0.2) is 16.4 Å². The predicted molar refractivity (Wildman–Crippen MR) is 128 cm³/mol. The summed E-state index contributed by atoms with van der Waals surface area (Å²) >= 11 is 0. The maximum absolute atomic E-state index is 13.7. The quantitative estimate of drug-likeness (QED) is 0.339. The number of alkyl halides is 3. The number of hydrogen-bond donors (Lipinski definition) is 1. The highest BCUT2D eigenvalue weighted by Crippen LogP contribution is 2.36. The van der Waals surface area contributed by atoms with Crippen molar-refractivity contribution in [3.63, 3.8) is 0 Å². The molecule has 0 aliphatic heterocycles. The maximum Gasteiger partial charge on any atom is 0.416 e. The molecule has 36 heavy (non-hydrogen) atoms. The van der Waals surface area contributed by atoms with Crippen molar-refractivity contribution in [1.82, 2.24) is 4.98 Å². The van der Waals surface area contributed by atoms with Crippen molar-refractivity contribution in [2.24, 2.45) is 0 Å². The Hall–Kier alpha value is -3.40. The zero-order chi connectivity index (χ0) is 26.5. The first kappa shape index (κ1) is 27.2. The number of carbonyl (C=O) groups is 1. The Morgan fingerprint density at radius 3 is 2.36 bits per heavy atom. The van der Waals surface area contributed by atoms with Crippen molar-refractivity contribution >= 4 is 15.8 Å². The molecule has 3 aromatic rings. The van der Waals surface area contributed by atoms with E-state index >= 15 is 0 Å². The Morgan fingerprint density at radius 1 is 1.08 bits per heavy atom. The van der Waals surface area contributed by atoms with E-state index in [0.717, 1.165) is 18.6 Å². The lowest BCUT2D eigenvalue weighted by Gasteiger charge is -2.19. The number of pyridine rings is 1. The number of unbranched alkanes of at least 4 members (excludes halogenated alkanes) is 1. The van der Waals surface area contributed by atoms with Crippen LogP contribution in [-0.4, -0.2) is 31.1 Å². The molecule has 3 rings (SSSR count). The molecule has 1 unspecified atom stereocenters. The SMILES string of the molecule is CCCCC(c1cccc(-c2ccc(C(F)(F)F)cc2)n1)S(=O)(=O)c1ccc(OCC(=O)O)c(C)c1. The second-order valence-corrected chi connectivity index (χ2v) is 10.4. The third kappa shape index (κ3) is 6.42. The Morgan fingerprint density at radius 2 is 1.78 bits per heavy atom. The molecule has 1 N–H and O–H groups in total. The summed E-state index contributed by atoms with van der Waals surface area (Å²) in [7, 11) is -3.91. The normalized spacial score (nSPS) is 12.8. The van der Waals surface area contributed by atoms with Crippen LogP contribution in [0.25, 0.3) is 11.3 Å². The summed E-state index contributed by atoms with van der Waals surface area (Å²) in [5.74, 6) is -0.881. The number of carboxylic acids is 1. The number of carboxylic acid groups (broad SMARTS) is 1. The standard InChI is InChI=1S/C26H26F3NO5S/c1-3-4-8-24(36(33,34)20-13-14-23(17(2)15-20)35-16-25(31)32)22-7-5-6-21(30-22)18-9-11-19(12-10-18)26(27,28)29/h5-7,9-15,24H,3-4,8,16H2,1-2H3,(H,31,32). The molecule has 0 radical (unpaired) electrons. The highest BCUT2D eigenvalue weighted by Gasteiger charge is 2.31. The molecule has 1 atom stereocenters. The highest BCUT2D eigenvalue weighted by atomic mass is 32.2. The molecule has 0 saturated carbocycles. The number of ether oxygens (including phenoxy) is 1. The summed E-state index contributed by atoms with van der Waals surface area (Å²) in [4.78, 5) is 15.3. The smallest absolute Gasteiger partial charge is 0.416 e. The first-order valence-corrected chi connectivity index (χ1v) is 12.8. The second kappa shape index (κ2) is 11.1. The molecule has 192 valence electrons. The molecule has 0 amide bonds. The lowest BCUT2D eigenvalue weighted by molar-refractivity contribution is -0.139. The average molecular weight is 522 g/mol. The summed E-state index contributed by atoms with van der Waals surface area (Å²) in [6.07, 6.45) is -2.78. The Bertz CT molecular complexity index is 1320. The molecule has 0 bridgehead atoms. The molecule has 0 fully saturated rings. The van der Waals surface area contributed by atoms with Crippen LogP contribution in [0.3, 0.4) is 0 Å². The molecule has 0 aliphatic carbocycles.